The summed E-state index contributed by atoms with van der Waals surface area (Å²) in [6.07, 6.45) is 3.68. The fourth-order valence-corrected chi connectivity index (χ4v) is 2.53. The Morgan fingerprint density at radius 3 is 2.87 bits per heavy atom. The molecule has 0 amide bonds. The number of thiazole rings is 1. The van der Waals surface area contributed by atoms with Gasteiger partial charge in [0.1, 0.15) is 14.8 Å². The van der Waals surface area contributed by atoms with Crippen LogP contribution >= 0.6 is 11.3 Å². The molecular formula is C9H16N2O2S2. The van der Waals surface area contributed by atoms with E-state index in [0.717, 1.165) is 5.01 Å². The van der Waals surface area contributed by atoms with Crippen molar-refractivity contribution in [1.82, 2.24) is 10.3 Å². The van der Waals surface area contributed by atoms with Crippen LogP contribution in [0, 0.1) is 0 Å². The summed E-state index contributed by atoms with van der Waals surface area (Å²) in [5, 5.41) is 6.21. The van der Waals surface area contributed by atoms with Gasteiger partial charge in [-0.1, -0.05) is 0 Å². The van der Waals surface area contributed by atoms with Crippen molar-refractivity contribution >= 4 is 21.2 Å². The maximum Gasteiger partial charge on any atom is 0.147 e. The first kappa shape index (κ1) is 12.6. The second-order valence-electron chi connectivity index (χ2n) is 3.53. The maximum atomic E-state index is 10.9. The molecule has 1 heterocycles. The van der Waals surface area contributed by atoms with E-state index in [2.05, 4.69) is 10.3 Å². The molecule has 1 atom stereocenters. The fourth-order valence-electron chi connectivity index (χ4n) is 1.19. The molecule has 0 aliphatic rings. The molecule has 1 aromatic rings. The Morgan fingerprint density at radius 2 is 2.33 bits per heavy atom. The van der Waals surface area contributed by atoms with Crippen LogP contribution in [0.3, 0.4) is 0 Å². The molecule has 4 nitrogen and oxygen atoms in total. The summed E-state index contributed by atoms with van der Waals surface area (Å²) in [5.74, 6) is 0.241. The van der Waals surface area contributed by atoms with E-state index in [4.69, 9.17) is 0 Å². The first-order valence-corrected chi connectivity index (χ1v) is 7.73. The van der Waals surface area contributed by atoms with Gasteiger partial charge in [0.05, 0.1) is 11.8 Å². The predicted octanol–water partition coefficient (Wildman–Crippen LogP) is 1.23. The fraction of sp³-hybridized carbons (Fsp3) is 0.667. The summed E-state index contributed by atoms with van der Waals surface area (Å²) in [4.78, 5) is 4.18. The first-order valence-electron chi connectivity index (χ1n) is 4.79. The van der Waals surface area contributed by atoms with E-state index in [9.17, 15) is 8.42 Å². The predicted molar refractivity (Wildman–Crippen MR) is 62.9 cm³/mol. The van der Waals surface area contributed by atoms with Crippen LogP contribution in [0.5, 0.6) is 0 Å². The molecular weight excluding hydrogens is 232 g/mol. The van der Waals surface area contributed by atoms with Gasteiger partial charge in [-0.2, -0.15) is 0 Å². The molecule has 0 radical (unpaired) electrons. The van der Waals surface area contributed by atoms with Crippen LogP contribution in [0.2, 0.25) is 0 Å². The molecule has 0 fully saturated rings. The smallest absolute Gasteiger partial charge is 0.147 e. The molecule has 1 unspecified atom stereocenters. The van der Waals surface area contributed by atoms with E-state index >= 15 is 0 Å². The van der Waals surface area contributed by atoms with Crippen molar-refractivity contribution in [3.05, 3.63) is 16.6 Å². The van der Waals surface area contributed by atoms with Crippen molar-refractivity contribution in [2.24, 2.45) is 0 Å². The van der Waals surface area contributed by atoms with Crippen molar-refractivity contribution in [2.75, 3.05) is 18.6 Å². The minimum absolute atomic E-state index is 0.199. The average molecular weight is 248 g/mol. The number of sulfone groups is 1. The van der Waals surface area contributed by atoms with Gasteiger partial charge in [0.2, 0.25) is 0 Å². The Morgan fingerprint density at radius 1 is 1.60 bits per heavy atom. The van der Waals surface area contributed by atoms with Gasteiger partial charge in [-0.05, 0) is 19.9 Å². The normalized spacial score (nSPS) is 14.0. The van der Waals surface area contributed by atoms with Crippen LogP contribution in [-0.2, 0) is 9.84 Å². The minimum Gasteiger partial charge on any atom is -0.308 e. The van der Waals surface area contributed by atoms with Crippen molar-refractivity contribution in [3.63, 3.8) is 0 Å². The zero-order chi connectivity index (χ0) is 11.3. The molecule has 1 N–H and O–H groups in total. The van der Waals surface area contributed by atoms with Gasteiger partial charge in [0.15, 0.2) is 0 Å². The Balaban J connectivity index is 2.21. The first-order chi connectivity index (χ1) is 6.99. The highest BCUT2D eigenvalue weighted by Crippen LogP contribution is 2.14. The number of aromatic nitrogens is 1. The Hall–Kier alpha value is -0.460. The van der Waals surface area contributed by atoms with Gasteiger partial charge in [-0.25, -0.2) is 13.4 Å². The molecule has 0 aliphatic carbocycles. The zero-order valence-electron chi connectivity index (χ0n) is 8.93. The highest BCUT2D eigenvalue weighted by molar-refractivity contribution is 7.90. The lowest BCUT2D eigenvalue weighted by Crippen LogP contribution is -2.21. The van der Waals surface area contributed by atoms with Gasteiger partial charge >= 0.3 is 0 Å². The largest absolute Gasteiger partial charge is 0.308 e. The lowest BCUT2D eigenvalue weighted by Gasteiger charge is -2.10. The monoisotopic (exact) mass is 248 g/mol. The molecule has 0 saturated heterocycles. The van der Waals surface area contributed by atoms with Crippen LogP contribution in [0.4, 0.5) is 0 Å². The third-order valence-electron chi connectivity index (χ3n) is 1.96. The Bertz CT molecular complexity index is 373. The van der Waals surface area contributed by atoms with Crippen molar-refractivity contribution < 1.29 is 8.42 Å². The van der Waals surface area contributed by atoms with E-state index in [0.29, 0.717) is 13.0 Å². The van der Waals surface area contributed by atoms with Crippen molar-refractivity contribution in [2.45, 2.75) is 19.4 Å². The van der Waals surface area contributed by atoms with Crippen LogP contribution in [0.1, 0.15) is 24.4 Å². The number of nitrogens with zero attached hydrogens (tertiary/aromatic N) is 1. The third kappa shape index (κ3) is 5.25. The van der Waals surface area contributed by atoms with Gasteiger partial charge < -0.3 is 5.32 Å². The lowest BCUT2D eigenvalue weighted by atomic mass is 10.3. The standard InChI is InChI=1S/C9H16N2O2S2/c1-8(9-11-5-6-14-9)10-4-3-7-15(2,12)13/h5-6,8,10H,3-4,7H2,1-2H3. The molecule has 6 heteroatoms. The molecule has 0 aromatic carbocycles. The van der Waals surface area contributed by atoms with Crippen LogP contribution < -0.4 is 5.32 Å². The number of hydrogen-bond acceptors (Lipinski definition) is 5. The third-order valence-corrected chi connectivity index (χ3v) is 3.95. The Kier molecular flexibility index (Phi) is 4.69. The highest BCUT2D eigenvalue weighted by Gasteiger charge is 2.07. The molecule has 15 heavy (non-hydrogen) atoms. The van der Waals surface area contributed by atoms with E-state index in [1.165, 1.54) is 6.26 Å². The minimum atomic E-state index is -2.83. The number of rotatable bonds is 6. The van der Waals surface area contributed by atoms with Crippen LogP contribution in [-0.4, -0.2) is 32.0 Å². The highest BCUT2D eigenvalue weighted by atomic mass is 32.2. The number of nitrogens with one attached hydrogen (secondary N) is 1. The zero-order valence-corrected chi connectivity index (χ0v) is 10.6. The SMILES string of the molecule is CC(NCCCS(C)(=O)=O)c1nccs1. The van der Waals surface area contributed by atoms with Crippen LogP contribution in [0.15, 0.2) is 11.6 Å². The van der Waals surface area contributed by atoms with Gasteiger partial charge in [0.25, 0.3) is 0 Å². The number of hydrogen-bond donors (Lipinski definition) is 1. The molecule has 0 saturated carbocycles. The topological polar surface area (TPSA) is 59.1 Å². The van der Waals surface area contributed by atoms with E-state index < -0.39 is 9.84 Å². The molecule has 1 rings (SSSR count). The quantitative estimate of drug-likeness (QED) is 0.769. The van der Waals surface area contributed by atoms with Crippen molar-refractivity contribution in [3.8, 4) is 0 Å². The van der Waals surface area contributed by atoms with E-state index in [-0.39, 0.29) is 11.8 Å². The average Bonchev–Trinajstić information content (AvgIpc) is 2.63. The molecule has 86 valence electrons. The summed E-state index contributed by atoms with van der Waals surface area (Å²) >= 11 is 1.60. The second-order valence-corrected chi connectivity index (χ2v) is 6.72. The Labute approximate surface area is 94.7 Å². The van der Waals surface area contributed by atoms with Gasteiger partial charge in [-0.3, -0.25) is 0 Å². The van der Waals surface area contributed by atoms with Gasteiger partial charge in [0, 0.05) is 17.8 Å². The molecule has 0 bridgehead atoms. The molecule has 1 aromatic heterocycles. The molecule has 0 spiro atoms. The van der Waals surface area contributed by atoms with Crippen LogP contribution in [0.25, 0.3) is 0 Å². The summed E-state index contributed by atoms with van der Waals surface area (Å²) in [6, 6.07) is 0.199. The summed E-state index contributed by atoms with van der Waals surface area (Å²) < 4.78 is 21.7. The van der Waals surface area contributed by atoms with Crippen molar-refractivity contribution in [1.29, 1.82) is 0 Å². The molecule has 0 aliphatic heterocycles. The maximum absolute atomic E-state index is 10.9. The summed E-state index contributed by atoms with van der Waals surface area (Å²) in [7, 11) is -2.83. The van der Waals surface area contributed by atoms with E-state index in [1.807, 2.05) is 12.3 Å². The van der Waals surface area contributed by atoms with Gasteiger partial charge in [-0.15, -0.1) is 11.3 Å². The second kappa shape index (κ2) is 5.58. The lowest BCUT2D eigenvalue weighted by molar-refractivity contribution is 0.560. The summed E-state index contributed by atoms with van der Waals surface area (Å²) in [5.41, 5.74) is 0. The summed E-state index contributed by atoms with van der Waals surface area (Å²) in [6.45, 7) is 2.73. The van der Waals surface area contributed by atoms with E-state index in [1.54, 1.807) is 17.5 Å².